The molecule has 1 aromatic rings. The Morgan fingerprint density at radius 3 is 2.33 bits per heavy atom. The number of halogens is 3. The van der Waals surface area contributed by atoms with Crippen LogP contribution < -0.4 is 5.32 Å². The van der Waals surface area contributed by atoms with E-state index in [1.54, 1.807) is 6.07 Å². The van der Waals surface area contributed by atoms with Gasteiger partial charge in [0.05, 0.1) is 12.2 Å². The van der Waals surface area contributed by atoms with E-state index in [1.807, 2.05) is 0 Å². The number of benzene rings is 1. The maximum atomic E-state index is 13.0. The fourth-order valence-electron chi connectivity index (χ4n) is 2.61. The minimum absolute atomic E-state index is 0.224. The summed E-state index contributed by atoms with van der Waals surface area (Å²) in [5.41, 5.74) is -1.17. The lowest BCUT2D eigenvalue weighted by molar-refractivity contribution is -0.139. The Morgan fingerprint density at radius 2 is 1.78 bits per heavy atom. The standard InChI is InChI=1S/C13H16F3NO/c14-13(15,16)11-4-2-1-3-10(11)12(9-18)5-7-17-8-6-12/h1-4,17-18H,5-9H2. The van der Waals surface area contributed by atoms with Crippen LogP contribution >= 0.6 is 0 Å². The van der Waals surface area contributed by atoms with E-state index in [2.05, 4.69) is 5.32 Å². The molecule has 1 aromatic carbocycles. The van der Waals surface area contributed by atoms with Crippen molar-refractivity contribution in [2.45, 2.75) is 24.4 Å². The van der Waals surface area contributed by atoms with Crippen molar-refractivity contribution in [3.63, 3.8) is 0 Å². The summed E-state index contributed by atoms with van der Waals surface area (Å²) in [6.45, 7) is 1.02. The minimum Gasteiger partial charge on any atom is -0.395 e. The van der Waals surface area contributed by atoms with Gasteiger partial charge in [0.25, 0.3) is 0 Å². The van der Waals surface area contributed by atoms with Gasteiger partial charge in [-0.3, -0.25) is 0 Å². The van der Waals surface area contributed by atoms with Crippen LogP contribution in [0.15, 0.2) is 24.3 Å². The minimum atomic E-state index is -4.37. The van der Waals surface area contributed by atoms with Crippen molar-refractivity contribution in [2.24, 2.45) is 0 Å². The maximum absolute atomic E-state index is 13.0. The number of hydrogen-bond acceptors (Lipinski definition) is 2. The van der Waals surface area contributed by atoms with E-state index >= 15 is 0 Å². The van der Waals surface area contributed by atoms with E-state index in [-0.39, 0.29) is 12.2 Å². The van der Waals surface area contributed by atoms with Gasteiger partial charge in [-0.25, -0.2) is 0 Å². The van der Waals surface area contributed by atoms with Crippen LogP contribution in [0.4, 0.5) is 13.2 Å². The highest BCUT2D eigenvalue weighted by Crippen LogP contribution is 2.41. The second kappa shape index (κ2) is 4.90. The first kappa shape index (κ1) is 13.4. The molecule has 100 valence electrons. The predicted molar refractivity (Wildman–Crippen MR) is 62.3 cm³/mol. The Balaban J connectivity index is 2.48. The van der Waals surface area contributed by atoms with Gasteiger partial charge in [-0.1, -0.05) is 18.2 Å². The average molecular weight is 259 g/mol. The molecule has 0 atom stereocenters. The third-order valence-electron chi connectivity index (χ3n) is 3.67. The van der Waals surface area contributed by atoms with Crippen LogP contribution in [0.3, 0.4) is 0 Å². The molecule has 1 heterocycles. The molecular weight excluding hydrogens is 243 g/mol. The summed E-state index contributed by atoms with van der Waals surface area (Å²) >= 11 is 0. The summed E-state index contributed by atoms with van der Waals surface area (Å²) in [7, 11) is 0. The molecule has 2 nitrogen and oxygen atoms in total. The summed E-state index contributed by atoms with van der Waals surface area (Å²) in [6.07, 6.45) is -3.32. The molecule has 1 saturated heterocycles. The molecule has 2 N–H and O–H groups in total. The quantitative estimate of drug-likeness (QED) is 0.854. The molecule has 18 heavy (non-hydrogen) atoms. The lowest BCUT2D eigenvalue weighted by Crippen LogP contribution is -2.43. The van der Waals surface area contributed by atoms with Crippen molar-refractivity contribution in [1.29, 1.82) is 0 Å². The van der Waals surface area contributed by atoms with Crippen LogP contribution in [0, 0.1) is 0 Å². The second-order valence-electron chi connectivity index (χ2n) is 4.73. The molecule has 0 aromatic heterocycles. The van der Waals surface area contributed by atoms with Gasteiger partial charge < -0.3 is 10.4 Å². The van der Waals surface area contributed by atoms with E-state index < -0.39 is 17.2 Å². The van der Waals surface area contributed by atoms with Crippen molar-refractivity contribution in [3.8, 4) is 0 Å². The lowest BCUT2D eigenvalue weighted by Gasteiger charge is -2.38. The third-order valence-corrected chi connectivity index (χ3v) is 3.67. The first-order chi connectivity index (χ1) is 8.49. The van der Waals surface area contributed by atoms with Gasteiger partial charge in [0, 0.05) is 5.41 Å². The van der Waals surface area contributed by atoms with Gasteiger partial charge in [0.1, 0.15) is 0 Å². The number of piperidine rings is 1. The topological polar surface area (TPSA) is 32.3 Å². The number of nitrogens with one attached hydrogen (secondary N) is 1. The first-order valence-electron chi connectivity index (χ1n) is 5.98. The normalized spacial score (nSPS) is 19.8. The largest absolute Gasteiger partial charge is 0.416 e. The lowest BCUT2D eigenvalue weighted by atomic mass is 9.72. The Kier molecular flexibility index (Phi) is 3.64. The molecule has 2 rings (SSSR count). The van der Waals surface area contributed by atoms with Gasteiger partial charge in [0.2, 0.25) is 0 Å². The fraction of sp³-hybridized carbons (Fsp3) is 0.538. The zero-order valence-corrected chi connectivity index (χ0v) is 9.93. The monoisotopic (exact) mass is 259 g/mol. The van der Waals surface area contributed by atoms with E-state index in [4.69, 9.17) is 0 Å². The highest BCUT2D eigenvalue weighted by Gasteiger charge is 2.41. The molecule has 0 unspecified atom stereocenters. The Bertz CT molecular complexity index is 411. The highest BCUT2D eigenvalue weighted by molar-refractivity contribution is 5.37. The summed E-state index contributed by atoms with van der Waals surface area (Å²) in [5.74, 6) is 0. The van der Waals surface area contributed by atoms with Crippen molar-refractivity contribution in [2.75, 3.05) is 19.7 Å². The van der Waals surface area contributed by atoms with Crippen molar-refractivity contribution in [3.05, 3.63) is 35.4 Å². The molecule has 0 saturated carbocycles. The molecule has 0 amide bonds. The van der Waals surface area contributed by atoms with Crippen LogP contribution in [0.1, 0.15) is 24.0 Å². The van der Waals surface area contributed by atoms with Gasteiger partial charge in [-0.05, 0) is 37.6 Å². The zero-order chi connectivity index (χ0) is 13.2. The van der Waals surface area contributed by atoms with Crippen LogP contribution in [0.25, 0.3) is 0 Å². The molecule has 0 spiro atoms. The SMILES string of the molecule is OCC1(c2ccccc2C(F)(F)F)CCNCC1. The smallest absolute Gasteiger partial charge is 0.395 e. The van der Waals surface area contributed by atoms with Crippen LogP contribution in [0.2, 0.25) is 0 Å². The Hall–Kier alpha value is -1.07. The average Bonchev–Trinajstić information content (AvgIpc) is 2.38. The second-order valence-corrected chi connectivity index (χ2v) is 4.73. The van der Waals surface area contributed by atoms with E-state index in [1.165, 1.54) is 12.1 Å². The highest BCUT2D eigenvalue weighted by atomic mass is 19.4. The van der Waals surface area contributed by atoms with E-state index in [0.29, 0.717) is 25.9 Å². The summed E-state index contributed by atoms with van der Waals surface area (Å²) in [5, 5.41) is 12.7. The van der Waals surface area contributed by atoms with Gasteiger partial charge in [-0.2, -0.15) is 13.2 Å². The molecule has 1 fully saturated rings. The van der Waals surface area contributed by atoms with E-state index in [9.17, 15) is 18.3 Å². The van der Waals surface area contributed by atoms with Crippen molar-refractivity contribution >= 4 is 0 Å². The van der Waals surface area contributed by atoms with Crippen molar-refractivity contribution < 1.29 is 18.3 Å². The first-order valence-corrected chi connectivity index (χ1v) is 5.98. The Morgan fingerprint density at radius 1 is 1.17 bits per heavy atom. The number of aliphatic hydroxyl groups excluding tert-OH is 1. The van der Waals surface area contributed by atoms with Gasteiger partial charge in [0.15, 0.2) is 0 Å². The van der Waals surface area contributed by atoms with Gasteiger partial charge >= 0.3 is 6.18 Å². The summed E-state index contributed by atoms with van der Waals surface area (Å²) in [6, 6.07) is 5.57. The molecular formula is C13H16F3NO. The van der Waals surface area contributed by atoms with Crippen molar-refractivity contribution in [1.82, 2.24) is 5.32 Å². The third kappa shape index (κ3) is 2.37. The van der Waals surface area contributed by atoms with Crippen LogP contribution in [0.5, 0.6) is 0 Å². The number of hydrogen-bond donors (Lipinski definition) is 2. The summed E-state index contributed by atoms with van der Waals surface area (Å²) in [4.78, 5) is 0. The molecule has 1 aliphatic heterocycles. The zero-order valence-electron chi connectivity index (χ0n) is 9.93. The Labute approximate surface area is 104 Å². The molecule has 1 aliphatic rings. The summed E-state index contributed by atoms with van der Waals surface area (Å²) < 4.78 is 39.0. The van der Waals surface area contributed by atoms with Gasteiger partial charge in [-0.15, -0.1) is 0 Å². The fourth-order valence-corrected chi connectivity index (χ4v) is 2.61. The number of alkyl halides is 3. The molecule has 0 bridgehead atoms. The van der Waals surface area contributed by atoms with Crippen LogP contribution in [-0.2, 0) is 11.6 Å². The van der Waals surface area contributed by atoms with E-state index in [0.717, 1.165) is 6.07 Å². The molecule has 0 aliphatic carbocycles. The molecule has 0 radical (unpaired) electrons. The predicted octanol–water partition coefficient (Wildman–Crippen LogP) is 2.32. The molecule has 5 heteroatoms. The maximum Gasteiger partial charge on any atom is 0.416 e. The van der Waals surface area contributed by atoms with Crippen LogP contribution in [-0.4, -0.2) is 24.8 Å². The number of aliphatic hydroxyl groups is 1. The number of rotatable bonds is 2.